The average Bonchev–Trinajstić information content (AvgIpc) is 2.89. The Hall–Kier alpha value is -3.28. The maximum Gasteiger partial charge on any atom is 0.308 e. The molecule has 1 aliphatic heterocycles. The van der Waals surface area contributed by atoms with Gasteiger partial charge in [0.1, 0.15) is 23.0 Å². The lowest BCUT2D eigenvalue weighted by atomic mass is 10.1. The smallest absolute Gasteiger partial charge is 0.308 e. The quantitative estimate of drug-likeness (QED) is 0.483. The lowest BCUT2D eigenvalue weighted by Gasteiger charge is -2.08. The molecule has 0 aliphatic carbocycles. The normalized spacial score (nSPS) is 14.0. The van der Waals surface area contributed by atoms with Gasteiger partial charge in [-0.25, -0.2) is 0 Å². The molecule has 2 aromatic carbocycles. The summed E-state index contributed by atoms with van der Waals surface area (Å²) >= 11 is 0. The van der Waals surface area contributed by atoms with Gasteiger partial charge in [-0.05, 0) is 36.4 Å². The summed E-state index contributed by atoms with van der Waals surface area (Å²) in [6.45, 7) is 1.31. The highest BCUT2D eigenvalue weighted by Gasteiger charge is 2.28. The molecule has 0 bridgehead atoms. The highest BCUT2D eigenvalue weighted by molar-refractivity contribution is 6.14. The van der Waals surface area contributed by atoms with E-state index in [1.165, 1.54) is 13.0 Å². The number of esters is 1. The van der Waals surface area contributed by atoms with E-state index >= 15 is 0 Å². The number of carbonyl (C=O) groups excluding carboxylic acids is 2. The maximum absolute atomic E-state index is 12.5. The summed E-state index contributed by atoms with van der Waals surface area (Å²) in [4.78, 5) is 23.6. The fourth-order valence-electron chi connectivity index (χ4n) is 2.49. The third-order valence-electron chi connectivity index (χ3n) is 3.63. The molecule has 0 saturated heterocycles. The van der Waals surface area contributed by atoms with Crippen LogP contribution in [0.1, 0.15) is 22.8 Å². The van der Waals surface area contributed by atoms with Crippen LogP contribution in [-0.4, -0.2) is 26.0 Å². The van der Waals surface area contributed by atoms with Gasteiger partial charge in [-0.3, -0.25) is 9.59 Å². The Morgan fingerprint density at radius 1 is 1.04 bits per heavy atom. The topological polar surface area (TPSA) is 71.1 Å². The molecule has 0 atom stereocenters. The molecule has 128 valence electrons. The number of allylic oxidation sites excluding steroid dienone is 1. The molecule has 0 spiro atoms. The summed E-state index contributed by atoms with van der Waals surface area (Å²) in [6.07, 6.45) is 1.59. The van der Waals surface area contributed by atoms with E-state index in [0.717, 1.165) is 0 Å². The Labute approximate surface area is 144 Å². The number of fused-ring (bicyclic) bond motifs is 1. The van der Waals surface area contributed by atoms with Crippen LogP contribution >= 0.6 is 0 Å². The standard InChI is InChI=1S/C19H16O6/c1-11(20)24-14-4-6-15-17(10-14)25-18(19(15)21)9-12-8-13(22-2)5-7-16(12)23-3/h4-10H,1-3H3/b18-9-. The van der Waals surface area contributed by atoms with Crippen molar-refractivity contribution >= 4 is 17.8 Å². The third-order valence-corrected chi connectivity index (χ3v) is 3.63. The van der Waals surface area contributed by atoms with Crippen molar-refractivity contribution in [3.63, 3.8) is 0 Å². The second-order valence-electron chi connectivity index (χ2n) is 5.30. The Morgan fingerprint density at radius 2 is 1.80 bits per heavy atom. The van der Waals surface area contributed by atoms with Crippen molar-refractivity contribution in [2.75, 3.05) is 14.2 Å². The van der Waals surface area contributed by atoms with E-state index in [0.29, 0.717) is 34.1 Å². The number of hydrogen-bond donors (Lipinski definition) is 0. The van der Waals surface area contributed by atoms with Gasteiger partial charge in [-0.2, -0.15) is 0 Å². The van der Waals surface area contributed by atoms with Gasteiger partial charge in [0.05, 0.1) is 19.8 Å². The second kappa shape index (κ2) is 6.68. The molecule has 2 aromatic rings. The fourth-order valence-corrected chi connectivity index (χ4v) is 2.49. The minimum absolute atomic E-state index is 0.154. The van der Waals surface area contributed by atoms with Gasteiger partial charge < -0.3 is 18.9 Å². The molecule has 25 heavy (non-hydrogen) atoms. The van der Waals surface area contributed by atoms with Crippen LogP contribution in [0, 0.1) is 0 Å². The first-order valence-electron chi connectivity index (χ1n) is 7.50. The average molecular weight is 340 g/mol. The Balaban J connectivity index is 1.96. The molecule has 6 nitrogen and oxygen atoms in total. The number of ether oxygens (including phenoxy) is 4. The minimum atomic E-state index is -0.443. The number of rotatable bonds is 4. The summed E-state index contributed by atoms with van der Waals surface area (Å²) in [5.74, 6) is 1.34. The molecule has 0 radical (unpaired) electrons. The zero-order valence-corrected chi connectivity index (χ0v) is 14.0. The van der Waals surface area contributed by atoms with Gasteiger partial charge in [0, 0.05) is 18.6 Å². The summed E-state index contributed by atoms with van der Waals surface area (Å²) in [6, 6.07) is 9.89. The van der Waals surface area contributed by atoms with Gasteiger partial charge in [0.25, 0.3) is 0 Å². The van der Waals surface area contributed by atoms with Crippen LogP contribution < -0.4 is 18.9 Å². The van der Waals surface area contributed by atoms with E-state index in [4.69, 9.17) is 18.9 Å². The van der Waals surface area contributed by atoms with E-state index in [1.807, 2.05) is 0 Å². The van der Waals surface area contributed by atoms with Crippen LogP contribution in [0.5, 0.6) is 23.0 Å². The molecule has 0 fully saturated rings. The Morgan fingerprint density at radius 3 is 2.48 bits per heavy atom. The first-order valence-corrected chi connectivity index (χ1v) is 7.50. The number of methoxy groups -OCH3 is 2. The maximum atomic E-state index is 12.5. The van der Waals surface area contributed by atoms with Gasteiger partial charge in [0.2, 0.25) is 5.78 Å². The SMILES string of the molecule is COc1ccc(OC)c(/C=C2\Oc3cc(OC(C)=O)ccc3C2=O)c1. The van der Waals surface area contributed by atoms with Crippen LogP contribution in [0.2, 0.25) is 0 Å². The van der Waals surface area contributed by atoms with E-state index in [1.54, 1.807) is 50.6 Å². The Kier molecular flexibility index (Phi) is 4.43. The molecule has 3 rings (SSSR count). The largest absolute Gasteiger partial charge is 0.497 e. The first kappa shape index (κ1) is 16.6. The molecule has 0 N–H and O–H groups in total. The van der Waals surface area contributed by atoms with Crippen LogP contribution in [0.4, 0.5) is 0 Å². The summed E-state index contributed by atoms with van der Waals surface area (Å²) in [5, 5.41) is 0. The second-order valence-corrected chi connectivity index (χ2v) is 5.30. The predicted molar refractivity (Wildman–Crippen MR) is 90.2 cm³/mol. The molecule has 0 unspecified atom stereocenters. The predicted octanol–water partition coefficient (Wildman–Crippen LogP) is 3.25. The van der Waals surface area contributed by atoms with Crippen LogP contribution in [-0.2, 0) is 4.79 Å². The third kappa shape index (κ3) is 3.33. The first-order chi connectivity index (χ1) is 12.0. The monoisotopic (exact) mass is 340 g/mol. The van der Waals surface area contributed by atoms with Crippen molar-refractivity contribution in [3.05, 3.63) is 53.3 Å². The molecular weight excluding hydrogens is 324 g/mol. The summed E-state index contributed by atoms with van der Waals surface area (Å²) < 4.78 is 21.2. The molecular formula is C19H16O6. The van der Waals surface area contributed by atoms with Crippen molar-refractivity contribution in [1.29, 1.82) is 0 Å². The van der Waals surface area contributed by atoms with Gasteiger partial charge in [0.15, 0.2) is 5.76 Å². The number of hydrogen-bond acceptors (Lipinski definition) is 6. The zero-order chi connectivity index (χ0) is 18.0. The molecule has 6 heteroatoms. The number of carbonyl (C=O) groups is 2. The van der Waals surface area contributed by atoms with Crippen molar-refractivity contribution < 1.29 is 28.5 Å². The molecule has 1 aliphatic rings. The van der Waals surface area contributed by atoms with Gasteiger partial charge >= 0.3 is 5.97 Å². The van der Waals surface area contributed by atoms with Gasteiger partial charge in [-0.1, -0.05) is 0 Å². The van der Waals surface area contributed by atoms with E-state index < -0.39 is 5.97 Å². The lowest BCUT2D eigenvalue weighted by Crippen LogP contribution is -2.01. The van der Waals surface area contributed by atoms with Crippen molar-refractivity contribution in [2.45, 2.75) is 6.92 Å². The number of benzene rings is 2. The highest BCUT2D eigenvalue weighted by atomic mass is 16.5. The van der Waals surface area contributed by atoms with Crippen LogP contribution in [0.25, 0.3) is 6.08 Å². The molecule has 0 amide bonds. The van der Waals surface area contributed by atoms with Crippen molar-refractivity contribution in [3.8, 4) is 23.0 Å². The fraction of sp³-hybridized carbons (Fsp3) is 0.158. The Bertz CT molecular complexity index is 881. The van der Waals surface area contributed by atoms with Crippen LogP contribution in [0.3, 0.4) is 0 Å². The van der Waals surface area contributed by atoms with Gasteiger partial charge in [-0.15, -0.1) is 0 Å². The number of ketones is 1. The highest BCUT2D eigenvalue weighted by Crippen LogP contribution is 2.36. The molecule has 0 saturated carbocycles. The summed E-state index contributed by atoms with van der Waals surface area (Å²) in [7, 11) is 3.10. The van der Waals surface area contributed by atoms with E-state index in [9.17, 15) is 9.59 Å². The summed E-state index contributed by atoms with van der Waals surface area (Å²) in [5.41, 5.74) is 1.06. The van der Waals surface area contributed by atoms with Crippen LogP contribution in [0.15, 0.2) is 42.2 Å². The van der Waals surface area contributed by atoms with Crippen molar-refractivity contribution in [2.24, 2.45) is 0 Å². The lowest BCUT2D eigenvalue weighted by molar-refractivity contribution is -0.131. The van der Waals surface area contributed by atoms with Crippen molar-refractivity contribution in [1.82, 2.24) is 0 Å². The van der Waals surface area contributed by atoms with E-state index in [2.05, 4.69) is 0 Å². The number of Topliss-reactive ketones (excluding diaryl/α,β-unsaturated/α-hetero) is 1. The molecule has 0 aromatic heterocycles. The molecule has 1 heterocycles. The van der Waals surface area contributed by atoms with E-state index in [-0.39, 0.29) is 11.5 Å². The zero-order valence-electron chi connectivity index (χ0n) is 14.0. The minimum Gasteiger partial charge on any atom is -0.497 e.